The Hall–Kier alpha value is 0.674. The van der Waals surface area contributed by atoms with Gasteiger partial charge < -0.3 is 5.73 Å². The first kappa shape index (κ1) is 9.24. The summed E-state index contributed by atoms with van der Waals surface area (Å²) in [7, 11) is 0. The summed E-state index contributed by atoms with van der Waals surface area (Å²) in [5.74, 6) is 3.70. The van der Waals surface area contributed by atoms with Crippen LogP contribution in [0.1, 0.15) is 32.1 Å². The first-order valence-corrected chi connectivity index (χ1v) is 5.04. The van der Waals surface area contributed by atoms with E-state index in [2.05, 4.69) is 0 Å². The summed E-state index contributed by atoms with van der Waals surface area (Å²) in [6.07, 6.45) is 7.13. The molecule has 0 radical (unpaired) electrons. The van der Waals surface area contributed by atoms with Crippen molar-refractivity contribution >= 4 is 0 Å². The quantitative estimate of drug-likeness (QED) is 0.534. The Morgan fingerprint density at radius 3 is 1.58 bits per heavy atom. The fraction of sp³-hybridized carbons (Fsp3) is 1.00. The van der Waals surface area contributed by atoms with Crippen LogP contribution in [0.3, 0.4) is 0 Å². The summed E-state index contributed by atoms with van der Waals surface area (Å²) in [6.45, 7) is 0. The van der Waals surface area contributed by atoms with Gasteiger partial charge in [0.2, 0.25) is 0 Å². The molecular weight excluding hydrogens is 182 g/mol. The van der Waals surface area contributed by atoms with Crippen molar-refractivity contribution in [3.05, 3.63) is 5.73 Å². The molecule has 1 N–H and O–H groups in total. The molecule has 0 aromatic heterocycles. The smallest absolute Gasteiger partial charge is 0 e. The Morgan fingerprint density at radius 2 is 1.17 bits per heavy atom. The molecule has 0 aromatic rings. The SMILES string of the molecule is [NH-]C1C2CC3CC(C2)CC1C3.[Ti]. The average molecular weight is 198 g/mol. The molecule has 4 bridgehead atoms. The average Bonchev–Trinajstić information content (AvgIpc) is 1.98. The van der Waals surface area contributed by atoms with Crippen LogP contribution < -0.4 is 0 Å². The molecule has 66 valence electrons. The number of rotatable bonds is 0. The van der Waals surface area contributed by atoms with Crippen LogP contribution in [-0.4, -0.2) is 6.04 Å². The Morgan fingerprint density at radius 1 is 0.750 bits per heavy atom. The molecule has 0 amide bonds. The summed E-state index contributed by atoms with van der Waals surface area (Å²) in [4.78, 5) is 0. The van der Waals surface area contributed by atoms with Gasteiger partial charge in [0.15, 0.2) is 0 Å². The molecule has 12 heavy (non-hydrogen) atoms. The number of hydrogen-bond acceptors (Lipinski definition) is 0. The number of hydrogen-bond donors (Lipinski definition) is 0. The van der Waals surface area contributed by atoms with Crippen LogP contribution in [0.2, 0.25) is 0 Å². The monoisotopic (exact) mass is 198 g/mol. The normalized spacial score (nSPS) is 55.2. The molecule has 0 saturated heterocycles. The van der Waals surface area contributed by atoms with Crippen molar-refractivity contribution in [2.75, 3.05) is 0 Å². The maximum absolute atomic E-state index is 8.00. The van der Waals surface area contributed by atoms with Gasteiger partial charge in [0.25, 0.3) is 0 Å². The standard InChI is InChI=1S/C10H16N.Ti/c11-10-8-2-6-1-7(4-8)5-9(10)3-6;/h6-11H,1-5H2;/q-1;. The van der Waals surface area contributed by atoms with E-state index in [0.29, 0.717) is 6.04 Å². The zero-order valence-corrected chi connectivity index (χ0v) is 8.98. The summed E-state index contributed by atoms with van der Waals surface area (Å²) in [5, 5.41) is 0. The van der Waals surface area contributed by atoms with Gasteiger partial charge >= 0.3 is 0 Å². The third kappa shape index (κ3) is 1.22. The molecule has 0 aliphatic heterocycles. The summed E-state index contributed by atoms with van der Waals surface area (Å²) < 4.78 is 0. The van der Waals surface area contributed by atoms with Crippen LogP contribution in [0.5, 0.6) is 0 Å². The second kappa shape index (κ2) is 3.11. The zero-order chi connectivity index (χ0) is 7.42. The van der Waals surface area contributed by atoms with Crippen LogP contribution in [0.4, 0.5) is 0 Å². The van der Waals surface area contributed by atoms with Crippen LogP contribution >= 0.6 is 0 Å². The van der Waals surface area contributed by atoms with Gasteiger partial charge in [0.05, 0.1) is 0 Å². The fourth-order valence-corrected chi connectivity index (χ4v) is 3.93. The minimum absolute atomic E-state index is 0. The largest absolute Gasteiger partial charge is 0.674 e. The van der Waals surface area contributed by atoms with E-state index in [1.807, 2.05) is 0 Å². The number of nitrogens with one attached hydrogen (secondary N) is 1. The molecule has 0 heterocycles. The van der Waals surface area contributed by atoms with Gasteiger partial charge in [0, 0.05) is 21.7 Å². The van der Waals surface area contributed by atoms with Crippen molar-refractivity contribution in [1.82, 2.24) is 0 Å². The van der Waals surface area contributed by atoms with Crippen LogP contribution in [0, 0.1) is 23.7 Å². The van der Waals surface area contributed by atoms with Crippen molar-refractivity contribution in [2.45, 2.75) is 38.1 Å². The van der Waals surface area contributed by atoms with Gasteiger partial charge in [-0.2, -0.15) is 0 Å². The zero-order valence-electron chi connectivity index (χ0n) is 7.42. The second-order valence-electron chi connectivity index (χ2n) is 4.96. The predicted molar refractivity (Wildman–Crippen MR) is 45.2 cm³/mol. The van der Waals surface area contributed by atoms with Crippen molar-refractivity contribution in [3.8, 4) is 0 Å². The van der Waals surface area contributed by atoms with Gasteiger partial charge in [0.1, 0.15) is 0 Å². The molecule has 0 aromatic carbocycles. The minimum atomic E-state index is 0. The van der Waals surface area contributed by atoms with E-state index >= 15 is 0 Å². The molecule has 4 aliphatic carbocycles. The van der Waals surface area contributed by atoms with E-state index in [1.54, 1.807) is 0 Å². The van der Waals surface area contributed by atoms with Crippen LogP contribution in [-0.2, 0) is 21.7 Å². The van der Waals surface area contributed by atoms with E-state index in [4.69, 9.17) is 5.73 Å². The van der Waals surface area contributed by atoms with Gasteiger partial charge in [-0.15, -0.1) is 6.04 Å². The Labute approximate surface area is 89.4 Å². The van der Waals surface area contributed by atoms with Crippen molar-refractivity contribution < 1.29 is 21.7 Å². The van der Waals surface area contributed by atoms with Gasteiger partial charge in [-0.05, 0) is 43.9 Å². The third-order valence-corrected chi connectivity index (χ3v) is 4.23. The van der Waals surface area contributed by atoms with Crippen LogP contribution in [0.15, 0.2) is 0 Å². The third-order valence-electron chi connectivity index (χ3n) is 4.23. The van der Waals surface area contributed by atoms with Gasteiger partial charge in [-0.25, -0.2) is 0 Å². The first-order chi connectivity index (χ1) is 5.33. The molecule has 1 nitrogen and oxygen atoms in total. The fourth-order valence-electron chi connectivity index (χ4n) is 3.93. The van der Waals surface area contributed by atoms with Crippen LogP contribution in [0.25, 0.3) is 5.73 Å². The van der Waals surface area contributed by atoms with Crippen molar-refractivity contribution in [2.24, 2.45) is 23.7 Å². The molecule has 4 saturated carbocycles. The Balaban J connectivity index is 0.000000563. The van der Waals surface area contributed by atoms with Gasteiger partial charge in [-0.3, -0.25) is 0 Å². The molecule has 4 aliphatic rings. The topological polar surface area (TPSA) is 23.8 Å². The van der Waals surface area contributed by atoms with E-state index < -0.39 is 0 Å². The molecule has 0 spiro atoms. The molecule has 0 unspecified atom stereocenters. The van der Waals surface area contributed by atoms with Gasteiger partial charge in [-0.1, -0.05) is 11.8 Å². The van der Waals surface area contributed by atoms with E-state index in [-0.39, 0.29) is 21.7 Å². The van der Waals surface area contributed by atoms with Crippen molar-refractivity contribution in [3.63, 3.8) is 0 Å². The Kier molecular flexibility index (Phi) is 2.40. The summed E-state index contributed by atoms with van der Waals surface area (Å²) in [5.41, 5.74) is 8.00. The molecule has 0 atom stereocenters. The Bertz CT molecular complexity index is 153. The summed E-state index contributed by atoms with van der Waals surface area (Å²) >= 11 is 0. The second-order valence-corrected chi connectivity index (χ2v) is 4.96. The predicted octanol–water partition coefficient (Wildman–Crippen LogP) is 2.86. The maximum Gasteiger partial charge on any atom is 0 e. The molecule has 4 fully saturated rings. The first-order valence-electron chi connectivity index (χ1n) is 5.04. The van der Waals surface area contributed by atoms with E-state index in [1.165, 1.54) is 32.1 Å². The molecule has 2 heteroatoms. The molecular formula is C10H16NTi-. The van der Waals surface area contributed by atoms with E-state index in [0.717, 1.165) is 23.7 Å². The molecule has 4 rings (SSSR count). The maximum atomic E-state index is 8.00. The summed E-state index contributed by atoms with van der Waals surface area (Å²) in [6, 6.07) is 0.336. The minimum Gasteiger partial charge on any atom is -0.674 e. The van der Waals surface area contributed by atoms with Crippen molar-refractivity contribution in [1.29, 1.82) is 0 Å². The van der Waals surface area contributed by atoms with E-state index in [9.17, 15) is 0 Å².